The number of nitrogens with zero attached hydrogens (tertiary/aromatic N) is 1. The van der Waals surface area contributed by atoms with Crippen LogP contribution in [0.3, 0.4) is 0 Å². The van der Waals surface area contributed by atoms with Crippen molar-refractivity contribution in [3.05, 3.63) is 46.2 Å². The molecule has 2 atom stereocenters. The van der Waals surface area contributed by atoms with Gasteiger partial charge < -0.3 is 14.6 Å². The molecule has 0 spiro atoms. The van der Waals surface area contributed by atoms with E-state index in [1.165, 1.54) is 4.90 Å². The molecule has 142 valence electrons. The van der Waals surface area contributed by atoms with Gasteiger partial charge in [-0.15, -0.1) is 16.1 Å². The van der Waals surface area contributed by atoms with Crippen LogP contribution in [0.4, 0.5) is 4.79 Å². The Labute approximate surface area is 162 Å². The number of carboxylic acid groups (broad SMARTS) is 1. The average molecular weight is 395 g/mol. The van der Waals surface area contributed by atoms with Gasteiger partial charge in [0.05, 0.1) is 6.04 Å². The molecule has 0 saturated heterocycles. The third kappa shape index (κ3) is 5.23. The summed E-state index contributed by atoms with van der Waals surface area (Å²) in [5, 5.41) is 11.2. The molecule has 0 unspecified atom stereocenters. The minimum absolute atomic E-state index is 0.0253. The van der Waals surface area contributed by atoms with E-state index >= 15 is 0 Å². The minimum Gasteiger partial charge on any atom is -0.598 e. The monoisotopic (exact) mass is 394 g/mol. The fraction of sp³-hybridized carbons (Fsp3) is 0.421. The topological polar surface area (TPSA) is 75.6 Å². The summed E-state index contributed by atoms with van der Waals surface area (Å²) in [6, 6.07) is 9.88. The Hall–Kier alpha value is -1.54. The van der Waals surface area contributed by atoms with Crippen LogP contribution in [0.25, 0.3) is 11.1 Å². The molecule has 0 bridgehead atoms. The number of amides is 1. The van der Waals surface area contributed by atoms with Crippen LogP contribution in [0, 0.1) is 0 Å². The summed E-state index contributed by atoms with van der Waals surface area (Å²) in [5.74, 6) is 0. The van der Waals surface area contributed by atoms with Crippen LogP contribution < -0.4 is 4.72 Å². The van der Waals surface area contributed by atoms with Crippen molar-refractivity contribution in [1.29, 1.82) is 0 Å². The largest absolute Gasteiger partial charge is 0.598 e. The van der Waals surface area contributed by atoms with Crippen LogP contribution in [0.2, 0.25) is 0 Å². The van der Waals surface area contributed by atoms with Crippen molar-refractivity contribution in [2.24, 2.45) is 0 Å². The summed E-state index contributed by atoms with van der Waals surface area (Å²) in [6.45, 7) is 8.16. The molecule has 1 amide bonds. The van der Waals surface area contributed by atoms with Crippen molar-refractivity contribution in [1.82, 2.24) is 9.62 Å². The second kappa shape index (κ2) is 8.43. The van der Waals surface area contributed by atoms with E-state index in [2.05, 4.69) is 16.2 Å². The van der Waals surface area contributed by atoms with Gasteiger partial charge in [-0.2, -0.15) is 0 Å². The highest BCUT2D eigenvalue weighted by Crippen LogP contribution is 2.32. The second-order valence-electron chi connectivity index (χ2n) is 7.25. The third-order valence-electron chi connectivity index (χ3n) is 3.95. The number of rotatable bonds is 6. The summed E-state index contributed by atoms with van der Waals surface area (Å²) in [5.41, 5.74) is 3.03. The third-order valence-corrected chi connectivity index (χ3v) is 6.74. The van der Waals surface area contributed by atoms with Gasteiger partial charge in [0.2, 0.25) is 0 Å². The van der Waals surface area contributed by atoms with Gasteiger partial charge in [0, 0.05) is 29.8 Å². The zero-order valence-corrected chi connectivity index (χ0v) is 17.4. The number of hydrogen-bond acceptors (Lipinski definition) is 4. The summed E-state index contributed by atoms with van der Waals surface area (Å²) in [4.78, 5) is 13.5. The lowest BCUT2D eigenvalue weighted by Gasteiger charge is -2.26. The van der Waals surface area contributed by atoms with Gasteiger partial charge in [-0.3, -0.25) is 0 Å². The molecule has 0 aliphatic carbocycles. The van der Waals surface area contributed by atoms with E-state index in [9.17, 15) is 9.35 Å². The number of thiophene rings is 1. The molecule has 1 aromatic carbocycles. The summed E-state index contributed by atoms with van der Waals surface area (Å²) < 4.78 is 15.2. The molecule has 0 aliphatic heterocycles. The van der Waals surface area contributed by atoms with Gasteiger partial charge >= 0.3 is 6.09 Å². The van der Waals surface area contributed by atoms with Crippen LogP contribution in [-0.2, 0) is 17.9 Å². The first-order valence-corrected chi connectivity index (χ1v) is 10.4. The van der Waals surface area contributed by atoms with Crippen molar-refractivity contribution in [2.75, 3.05) is 7.05 Å². The molecule has 0 aliphatic rings. The number of benzene rings is 1. The first kappa shape index (κ1) is 20.8. The van der Waals surface area contributed by atoms with E-state index in [1.54, 1.807) is 18.4 Å². The molecule has 0 radical (unpaired) electrons. The summed E-state index contributed by atoms with van der Waals surface area (Å²) in [7, 11) is 1.56. The van der Waals surface area contributed by atoms with E-state index in [0.29, 0.717) is 6.54 Å². The smallest absolute Gasteiger partial charge is 0.407 e. The van der Waals surface area contributed by atoms with E-state index in [1.807, 2.05) is 52.0 Å². The standard InChI is InChI=1S/C19H26N2O3S2/c1-13(20-26(24)19(2,3)4)17-10-15(12-25-17)16-9-7-6-8-14(16)11-21(5)18(22)23/h6-10,12-13,20H,11H2,1-5H3,(H,22,23)/t13-,26-/m1/s1. The lowest BCUT2D eigenvalue weighted by atomic mass is 10.0. The molecule has 7 heteroatoms. The van der Waals surface area contributed by atoms with Crippen LogP contribution in [0.15, 0.2) is 35.7 Å². The molecule has 2 aromatic rings. The van der Waals surface area contributed by atoms with E-state index in [-0.39, 0.29) is 10.8 Å². The van der Waals surface area contributed by atoms with Crippen LogP contribution in [0.1, 0.15) is 44.2 Å². The highest BCUT2D eigenvalue weighted by atomic mass is 32.2. The Bertz CT molecular complexity index is 755. The van der Waals surface area contributed by atoms with Crippen LogP contribution in [-0.4, -0.2) is 32.4 Å². The molecular formula is C19H26N2O3S2. The van der Waals surface area contributed by atoms with Gasteiger partial charge in [0.1, 0.15) is 4.75 Å². The van der Waals surface area contributed by atoms with Crippen molar-refractivity contribution < 1.29 is 14.5 Å². The van der Waals surface area contributed by atoms with Crippen LogP contribution >= 0.6 is 11.3 Å². The van der Waals surface area contributed by atoms with Gasteiger partial charge in [-0.1, -0.05) is 24.3 Å². The molecular weight excluding hydrogens is 368 g/mol. The van der Waals surface area contributed by atoms with Gasteiger partial charge in [-0.25, -0.2) is 4.79 Å². The maximum absolute atomic E-state index is 12.3. The SMILES string of the molecule is C[C@@H](N[S@+]([O-])C(C)(C)C)c1cc(-c2ccccc2CN(C)C(=O)O)cs1. The number of hydrogen-bond donors (Lipinski definition) is 2. The Balaban J connectivity index is 2.21. The van der Waals surface area contributed by atoms with Crippen molar-refractivity contribution in [2.45, 2.75) is 45.0 Å². The second-order valence-corrected chi connectivity index (χ2v) is 10.2. The molecule has 2 N–H and O–H groups in total. The first-order valence-electron chi connectivity index (χ1n) is 8.38. The molecule has 1 heterocycles. The van der Waals surface area contributed by atoms with E-state index < -0.39 is 17.5 Å². The van der Waals surface area contributed by atoms with Crippen LogP contribution in [0.5, 0.6) is 0 Å². The normalized spacial score (nSPS) is 14.1. The zero-order valence-electron chi connectivity index (χ0n) is 15.8. The predicted molar refractivity (Wildman–Crippen MR) is 109 cm³/mol. The number of carbonyl (C=O) groups is 1. The average Bonchev–Trinajstić information content (AvgIpc) is 3.04. The molecule has 26 heavy (non-hydrogen) atoms. The van der Waals surface area contributed by atoms with Gasteiger partial charge in [0.15, 0.2) is 0 Å². The lowest BCUT2D eigenvalue weighted by molar-refractivity contribution is 0.154. The molecule has 5 nitrogen and oxygen atoms in total. The summed E-state index contributed by atoms with van der Waals surface area (Å²) in [6.07, 6.45) is -0.951. The lowest BCUT2D eigenvalue weighted by Crippen LogP contribution is -2.40. The maximum Gasteiger partial charge on any atom is 0.407 e. The fourth-order valence-electron chi connectivity index (χ4n) is 2.38. The van der Waals surface area contributed by atoms with Crippen molar-refractivity contribution in [3.63, 3.8) is 0 Å². The summed E-state index contributed by atoms with van der Waals surface area (Å²) >= 11 is 0.476. The number of nitrogens with one attached hydrogen (secondary N) is 1. The Morgan fingerprint density at radius 1 is 1.38 bits per heavy atom. The quantitative estimate of drug-likeness (QED) is 0.700. The highest BCUT2D eigenvalue weighted by Gasteiger charge is 2.28. The highest BCUT2D eigenvalue weighted by molar-refractivity contribution is 7.90. The van der Waals surface area contributed by atoms with Crippen molar-refractivity contribution in [3.8, 4) is 11.1 Å². The first-order chi connectivity index (χ1) is 12.1. The van der Waals surface area contributed by atoms with Gasteiger partial charge in [0.25, 0.3) is 0 Å². The maximum atomic E-state index is 12.3. The Morgan fingerprint density at radius 2 is 2.04 bits per heavy atom. The molecule has 0 fully saturated rings. The van der Waals surface area contributed by atoms with E-state index in [4.69, 9.17) is 5.11 Å². The molecule has 0 saturated carbocycles. The Kier molecular flexibility index (Phi) is 6.74. The Morgan fingerprint density at radius 3 is 2.65 bits per heavy atom. The minimum atomic E-state index is -1.14. The zero-order chi connectivity index (χ0) is 19.5. The van der Waals surface area contributed by atoms with Gasteiger partial charge in [-0.05, 0) is 55.8 Å². The van der Waals surface area contributed by atoms with Crippen molar-refractivity contribution >= 4 is 28.8 Å². The van der Waals surface area contributed by atoms with E-state index in [0.717, 1.165) is 21.6 Å². The predicted octanol–water partition coefficient (Wildman–Crippen LogP) is 4.64. The molecule has 1 aromatic heterocycles. The molecule has 2 rings (SSSR count). The fourth-order valence-corrected chi connectivity index (χ4v) is 4.17.